The number of carbonyl (C=O) groups is 1. The van der Waals surface area contributed by atoms with Crippen LogP contribution in [0.1, 0.15) is 24.2 Å². The second-order valence-corrected chi connectivity index (χ2v) is 8.25. The maximum absolute atomic E-state index is 13.1. The van der Waals surface area contributed by atoms with Gasteiger partial charge in [-0.25, -0.2) is 0 Å². The predicted octanol–water partition coefficient (Wildman–Crippen LogP) is 1.25. The van der Waals surface area contributed by atoms with Gasteiger partial charge in [0.05, 0.1) is 12.2 Å². The number of likely N-dealkylation sites (tertiary alicyclic amines) is 1. The summed E-state index contributed by atoms with van der Waals surface area (Å²) >= 11 is 0. The smallest absolute Gasteiger partial charge is 0.254 e. The number of amides is 1. The highest BCUT2D eigenvalue weighted by molar-refractivity contribution is 5.95. The molecule has 0 aromatic heterocycles. The van der Waals surface area contributed by atoms with E-state index in [0.29, 0.717) is 43.4 Å². The molecule has 0 radical (unpaired) electrons. The standard InChI is InChI=1S/C21H30N2O5/c1-14-8-22(9-15(2)28-14)10-17-11-23(12-18(17)13-24)21(25)16-3-4-19-20(7-16)27-6-5-26-19/h3-4,7,14-15,17-18,24H,5-6,8-13H2,1-2H3/t14-,15+,17-,18-/m1/s1. The van der Waals surface area contributed by atoms with E-state index in [1.165, 1.54) is 0 Å². The van der Waals surface area contributed by atoms with E-state index < -0.39 is 0 Å². The number of aliphatic hydroxyl groups excluding tert-OH is 1. The Balaban J connectivity index is 1.42. The Bertz CT molecular complexity index is 702. The summed E-state index contributed by atoms with van der Waals surface area (Å²) in [7, 11) is 0. The van der Waals surface area contributed by atoms with Crippen LogP contribution in [0.4, 0.5) is 0 Å². The summed E-state index contributed by atoms with van der Waals surface area (Å²) in [5.41, 5.74) is 0.607. The van der Waals surface area contributed by atoms with Crippen molar-refractivity contribution in [1.82, 2.24) is 9.80 Å². The number of carbonyl (C=O) groups excluding carboxylic acids is 1. The molecule has 2 fully saturated rings. The molecule has 1 amide bonds. The number of rotatable bonds is 4. The molecule has 0 aliphatic carbocycles. The second-order valence-electron chi connectivity index (χ2n) is 8.25. The Kier molecular flexibility index (Phi) is 5.75. The summed E-state index contributed by atoms with van der Waals surface area (Å²) in [6.45, 7) is 9.26. The van der Waals surface area contributed by atoms with Gasteiger partial charge in [-0.2, -0.15) is 0 Å². The Morgan fingerprint density at radius 2 is 1.71 bits per heavy atom. The molecule has 0 bridgehead atoms. The SMILES string of the molecule is C[C@@H]1CN(C[C@@H]2CN(C(=O)c3ccc4c(c3)OCCO4)C[C@@H]2CO)C[C@H](C)O1. The van der Waals surface area contributed by atoms with Crippen molar-refractivity contribution in [1.29, 1.82) is 0 Å². The lowest BCUT2D eigenvalue weighted by Crippen LogP contribution is -2.48. The molecule has 1 aromatic carbocycles. The molecule has 154 valence electrons. The van der Waals surface area contributed by atoms with Crippen LogP contribution in [-0.4, -0.2) is 85.6 Å². The van der Waals surface area contributed by atoms with E-state index in [0.717, 1.165) is 19.6 Å². The van der Waals surface area contributed by atoms with Crippen molar-refractivity contribution < 1.29 is 24.1 Å². The lowest BCUT2D eigenvalue weighted by Gasteiger charge is -2.37. The average Bonchev–Trinajstić information content (AvgIpc) is 3.09. The molecule has 0 spiro atoms. The minimum Gasteiger partial charge on any atom is -0.486 e. The third-order valence-electron chi connectivity index (χ3n) is 5.88. The molecule has 3 heterocycles. The van der Waals surface area contributed by atoms with Gasteiger partial charge in [-0.05, 0) is 38.0 Å². The van der Waals surface area contributed by atoms with Gasteiger partial charge in [-0.3, -0.25) is 9.69 Å². The van der Waals surface area contributed by atoms with E-state index in [1.807, 2.05) is 4.90 Å². The first kappa shape index (κ1) is 19.5. The van der Waals surface area contributed by atoms with Gasteiger partial charge in [0, 0.05) is 50.8 Å². The largest absolute Gasteiger partial charge is 0.486 e. The van der Waals surface area contributed by atoms with Crippen molar-refractivity contribution in [3.63, 3.8) is 0 Å². The third kappa shape index (κ3) is 4.11. The van der Waals surface area contributed by atoms with E-state index in [-0.39, 0.29) is 36.6 Å². The molecule has 4 rings (SSSR count). The molecule has 4 atom stereocenters. The first-order valence-electron chi connectivity index (χ1n) is 10.2. The zero-order chi connectivity index (χ0) is 19.7. The van der Waals surface area contributed by atoms with Crippen LogP contribution in [0.2, 0.25) is 0 Å². The van der Waals surface area contributed by atoms with Gasteiger partial charge in [0.2, 0.25) is 0 Å². The molecule has 7 heteroatoms. The Labute approximate surface area is 166 Å². The van der Waals surface area contributed by atoms with Crippen molar-refractivity contribution in [2.75, 3.05) is 52.5 Å². The van der Waals surface area contributed by atoms with Gasteiger partial charge in [-0.15, -0.1) is 0 Å². The highest BCUT2D eigenvalue weighted by Gasteiger charge is 2.37. The molecular formula is C21H30N2O5. The van der Waals surface area contributed by atoms with Crippen LogP contribution in [0, 0.1) is 11.8 Å². The number of aliphatic hydroxyl groups is 1. The molecule has 0 unspecified atom stereocenters. The van der Waals surface area contributed by atoms with Gasteiger partial charge in [0.15, 0.2) is 11.5 Å². The summed E-state index contributed by atoms with van der Waals surface area (Å²) in [5, 5.41) is 9.88. The van der Waals surface area contributed by atoms with E-state index >= 15 is 0 Å². The van der Waals surface area contributed by atoms with Crippen molar-refractivity contribution in [3.05, 3.63) is 23.8 Å². The van der Waals surface area contributed by atoms with Gasteiger partial charge < -0.3 is 24.2 Å². The summed E-state index contributed by atoms with van der Waals surface area (Å²) < 4.78 is 17.0. The van der Waals surface area contributed by atoms with Crippen molar-refractivity contribution in [2.24, 2.45) is 11.8 Å². The number of nitrogens with zero attached hydrogens (tertiary/aromatic N) is 2. The number of ether oxygens (including phenoxy) is 3. The van der Waals surface area contributed by atoms with E-state index in [1.54, 1.807) is 18.2 Å². The van der Waals surface area contributed by atoms with Crippen LogP contribution in [-0.2, 0) is 4.74 Å². The predicted molar refractivity (Wildman–Crippen MR) is 104 cm³/mol. The first-order valence-corrected chi connectivity index (χ1v) is 10.2. The Hall–Kier alpha value is -1.83. The summed E-state index contributed by atoms with van der Waals surface area (Å²) in [4.78, 5) is 17.3. The van der Waals surface area contributed by atoms with Crippen LogP contribution in [0.15, 0.2) is 18.2 Å². The minimum absolute atomic E-state index is 0.0124. The highest BCUT2D eigenvalue weighted by atomic mass is 16.6. The van der Waals surface area contributed by atoms with Crippen LogP contribution in [0.3, 0.4) is 0 Å². The lowest BCUT2D eigenvalue weighted by molar-refractivity contribution is -0.0726. The van der Waals surface area contributed by atoms with Gasteiger partial charge in [-0.1, -0.05) is 0 Å². The highest BCUT2D eigenvalue weighted by Crippen LogP contribution is 2.32. The lowest BCUT2D eigenvalue weighted by atomic mass is 9.96. The normalized spacial score (nSPS) is 30.5. The maximum atomic E-state index is 13.1. The number of hydrogen-bond donors (Lipinski definition) is 1. The minimum atomic E-state index is -0.0124. The zero-order valence-corrected chi connectivity index (χ0v) is 16.7. The maximum Gasteiger partial charge on any atom is 0.254 e. The number of hydrogen-bond acceptors (Lipinski definition) is 6. The summed E-state index contributed by atoms with van der Waals surface area (Å²) in [6, 6.07) is 5.36. The first-order chi connectivity index (χ1) is 13.5. The van der Waals surface area contributed by atoms with E-state index in [4.69, 9.17) is 14.2 Å². The van der Waals surface area contributed by atoms with Crippen LogP contribution < -0.4 is 9.47 Å². The molecule has 3 aliphatic rings. The summed E-state index contributed by atoms with van der Waals surface area (Å²) in [6.07, 6.45) is 0.432. The Morgan fingerprint density at radius 1 is 1.04 bits per heavy atom. The van der Waals surface area contributed by atoms with Gasteiger partial charge >= 0.3 is 0 Å². The molecule has 7 nitrogen and oxygen atoms in total. The topological polar surface area (TPSA) is 71.5 Å². The van der Waals surface area contributed by atoms with Crippen LogP contribution >= 0.6 is 0 Å². The van der Waals surface area contributed by atoms with Crippen molar-refractivity contribution >= 4 is 5.91 Å². The monoisotopic (exact) mass is 390 g/mol. The third-order valence-corrected chi connectivity index (χ3v) is 5.88. The average molecular weight is 390 g/mol. The number of benzene rings is 1. The fraction of sp³-hybridized carbons (Fsp3) is 0.667. The van der Waals surface area contributed by atoms with Crippen molar-refractivity contribution in [2.45, 2.75) is 26.1 Å². The zero-order valence-electron chi connectivity index (χ0n) is 16.7. The fourth-order valence-electron chi connectivity index (χ4n) is 4.64. The molecule has 1 N–H and O–H groups in total. The quantitative estimate of drug-likeness (QED) is 0.834. The number of fused-ring (bicyclic) bond motifs is 1. The fourth-order valence-corrected chi connectivity index (χ4v) is 4.64. The van der Waals surface area contributed by atoms with Gasteiger partial charge in [0.1, 0.15) is 13.2 Å². The van der Waals surface area contributed by atoms with E-state index in [9.17, 15) is 9.90 Å². The molecular weight excluding hydrogens is 360 g/mol. The second kappa shape index (κ2) is 8.27. The molecule has 28 heavy (non-hydrogen) atoms. The summed E-state index contributed by atoms with van der Waals surface area (Å²) in [5.74, 6) is 1.67. The van der Waals surface area contributed by atoms with Crippen molar-refractivity contribution in [3.8, 4) is 11.5 Å². The number of morpholine rings is 1. The van der Waals surface area contributed by atoms with E-state index in [2.05, 4.69) is 18.7 Å². The molecule has 0 saturated carbocycles. The van der Waals surface area contributed by atoms with Crippen LogP contribution in [0.25, 0.3) is 0 Å². The molecule has 2 saturated heterocycles. The van der Waals surface area contributed by atoms with Gasteiger partial charge in [0.25, 0.3) is 5.91 Å². The molecule has 1 aromatic rings. The Morgan fingerprint density at radius 3 is 2.43 bits per heavy atom. The van der Waals surface area contributed by atoms with Crippen LogP contribution in [0.5, 0.6) is 11.5 Å². The molecule has 3 aliphatic heterocycles.